The van der Waals surface area contributed by atoms with Crippen LogP contribution in [0.25, 0.3) is 0 Å². The Morgan fingerprint density at radius 3 is 1.15 bits per heavy atom. The van der Waals surface area contributed by atoms with Gasteiger partial charge in [-0.15, -0.1) is 0 Å². The van der Waals surface area contributed by atoms with E-state index in [9.17, 15) is 25.2 Å². The Labute approximate surface area is 372 Å². The molecule has 0 aromatic heterocycles. The van der Waals surface area contributed by atoms with Crippen molar-refractivity contribution in [2.45, 2.75) is 282 Å². The minimum Gasteiger partial charge on any atom is -0.394 e. The van der Waals surface area contributed by atoms with Crippen LogP contribution in [-0.4, -0.2) is 57.3 Å². The van der Waals surface area contributed by atoms with Crippen molar-refractivity contribution in [3.8, 4) is 0 Å². The highest BCUT2D eigenvalue weighted by molar-refractivity contribution is 5.80. The molecular weight excluding hydrogens is 743 g/mol. The maximum atomic E-state index is 12.6. The molecule has 1 amide bonds. The van der Waals surface area contributed by atoms with Crippen LogP contribution in [0.15, 0.2) is 48.6 Å². The number of amides is 1. The van der Waals surface area contributed by atoms with Crippen LogP contribution in [0.1, 0.15) is 258 Å². The number of carbonyl (C=O) groups excluding carboxylic acids is 1. The van der Waals surface area contributed by atoms with Crippen LogP contribution in [0.3, 0.4) is 0 Å². The molecule has 0 saturated heterocycles. The van der Waals surface area contributed by atoms with E-state index in [0.29, 0.717) is 19.3 Å². The van der Waals surface area contributed by atoms with Crippen LogP contribution in [0.2, 0.25) is 0 Å². The summed E-state index contributed by atoms with van der Waals surface area (Å²) in [4.78, 5) is 12.6. The number of rotatable bonds is 47. The van der Waals surface area contributed by atoms with Gasteiger partial charge in [-0.3, -0.25) is 4.79 Å². The molecule has 0 bridgehead atoms. The lowest BCUT2D eigenvalue weighted by molar-refractivity contribution is -0.132. The minimum atomic E-state index is -1.29. The molecule has 0 spiro atoms. The summed E-state index contributed by atoms with van der Waals surface area (Å²) in [5.41, 5.74) is 0. The van der Waals surface area contributed by atoms with Crippen LogP contribution < -0.4 is 5.32 Å². The molecule has 0 radical (unpaired) electrons. The van der Waals surface area contributed by atoms with Crippen molar-refractivity contribution in [3.63, 3.8) is 0 Å². The Morgan fingerprint density at radius 1 is 0.417 bits per heavy atom. The van der Waals surface area contributed by atoms with E-state index in [-0.39, 0.29) is 0 Å². The summed E-state index contributed by atoms with van der Waals surface area (Å²) in [6, 6.07) is -1.01. The number of carbonyl (C=O) groups is 1. The van der Waals surface area contributed by atoms with Crippen LogP contribution in [0.5, 0.6) is 0 Å². The molecule has 60 heavy (non-hydrogen) atoms. The summed E-state index contributed by atoms with van der Waals surface area (Å²) in [6.07, 6.45) is 60.2. The fourth-order valence-corrected chi connectivity index (χ4v) is 7.86. The van der Waals surface area contributed by atoms with Gasteiger partial charge in [0.05, 0.1) is 18.8 Å². The average Bonchev–Trinajstić information content (AvgIpc) is 3.25. The maximum Gasteiger partial charge on any atom is 0.249 e. The molecule has 0 heterocycles. The third-order valence-electron chi connectivity index (χ3n) is 12.0. The molecular formula is C54H101NO5. The van der Waals surface area contributed by atoms with Gasteiger partial charge < -0.3 is 25.7 Å². The molecule has 0 aromatic carbocycles. The van der Waals surface area contributed by atoms with Gasteiger partial charge in [-0.25, -0.2) is 0 Å². The molecule has 0 aromatic rings. The topological polar surface area (TPSA) is 110 Å². The number of hydrogen-bond donors (Lipinski definition) is 5. The zero-order valence-electron chi connectivity index (χ0n) is 39.7. The summed E-state index contributed by atoms with van der Waals surface area (Å²) in [5.74, 6) is -0.600. The van der Waals surface area contributed by atoms with Crippen LogP contribution in [0.4, 0.5) is 0 Å². The number of hydrogen-bond acceptors (Lipinski definition) is 5. The van der Waals surface area contributed by atoms with Crippen LogP contribution >= 0.6 is 0 Å². The summed E-state index contributed by atoms with van der Waals surface area (Å²) >= 11 is 0. The number of aliphatic hydroxyl groups excluding tert-OH is 4. The monoisotopic (exact) mass is 844 g/mol. The standard InChI is InChI=1S/C54H101NO5/c1-3-5-7-9-11-13-15-17-19-21-23-24-25-26-27-28-29-30-32-34-36-38-40-42-44-46-48-52(58)54(60)55-50(49-56)53(59)51(57)47-45-43-41-39-37-35-33-31-22-20-18-16-14-12-10-8-6-4-2/h23-24,26-27,31,33,39,41,50-53,56-59H,3-22,25,28-30,32,34-38,40,42-49H2,1-2H3,(H,55,60)/b24-23-,27-26-,33-31+,41-39+. The second kappa shape index (κ2) is 48.3. The van der Waals surface area contributed by atoms with Gasteiger partial charge in [0.25, 0.3) is 0 Å². The van der Waals surface area contributed by atoms with Crippen molar-refractivity contribution in [3.05, 3.63) is 48.6 Å². The van der Waals surface area contributed by atoms with Gasteiger partial charge in [-0.1, -0.05) is 223 Å². The van der Waals surface area contributed by atoms with Gasteiger partial charge in [0.15, 0.2) is 0 Å². The van der Waals surface area contributed by atoms with Crippen molar-refractivity contribution >= 4 is 5.91 Å². The SMILES string of the molecule is CCCCCCCCCCC/C=C\C/C=C\CCCCCCCCCCCCC(O)C(=O)NC(CO)C(O)C(O)CCC/C=C/CC/C=C/CCCCCCCCCCC. The highest BCUT2D eigenvalue weighted by Gasteiger charge is 2.28. The van der Waals surface area contributed by atoms with Gasteiger partial charge >= 0.3 is 0 Å². The number of unbranched alkanes of at least 4 members (excludes halogenated alkanes) is 30. The van der Waals surface area contributed by atoms with E-state index >= 15 is 0 Å². The zero-order chi connectivity index (χ0) is 43.8. The van der Waals surface area contributed by atoms with E-state index < -0.39 is 36.9 Å². The highest BCUT2D eigenvalue weighted by Crippen LogP contribution is 2.16. The van der Waals surface area contributed by atoms with Gasteiger partial charge in [0.1, 0.15) is 12.2 Å². The molecule has 352 valence electrons. The second-order valence-corrected chi connectivity index (χ2v) is 17.8. The van der Waals surface area contributed by atoms with Crippen molar-refractivity contribution in [2.75, 3.05) is 6.61 Å². The van der Waals surface area contributed by atoms with E-state index in [1.807, 2.05) is 0 Å². The van der Waals surface area contributed by atoms with E-state index in [2.05, 4.69) is 67.8 Å². The predicted octanol–water partition coefficient (Wildman–Crippen LogP) is 14.6. The van der Waals surface area contributed by atoms with E-state index in [0.717, 1.165) is 44.9 Å². The maximum absolute atomic E-state index is 12.6. The minimum absolute atomic E-state index is 0.355. The van der Waals surface area contributed by atoms with Crippen molar-refractivity contribution in [1.82, 2.24) is 5.32 Å². The first kappa shape index (κ1) is 58.3. The third kappa shape index (κ3) is 41.6. The first-order valence-corrected chi connectivity index (χ1v) is 26.0. The fourth-order valence-electron chi connectivity index (χ4n) is 7.86. The Balaban J connectivity index is 3.73. The average molecular weight is 844 g/mol. The molecule has 6 heteroatoms. The molecule has 0 saturated carbocycles. The number of nitrogens with one attached hydrogen (secondary N) is 1. The summed E-state index contributed by atoms with van der Waals surface area (Å²) in [6.45, 7) is 4.05. The molecule has 0 aliphatic carbocycles. The first-order valence-electron chi connectivity index (χ1n) is 26.0. The lowest BCUT2D eigenvalue weighted by Crippen LogP contribution is -2.53. The van der Waals surface area contributed by atoms with Gasteiger partial charge in [0.2, 0.25) is 5.91 Å². The van der Waals surface area contributed by atoms with Crippen LogP contribution in [0, 0.1) is 0 Å². The largest absolute Gasteiger partial charge is 0.394 e. The molecule has 6 nitrogen and oxygen atoms in total. The second-order valence-electron chi connectivity index (χ2n) is 17.8. The molecule has 5 N–H and O–H groups in total. The summed E-state index contributed by atoms with van der Waals surface area (Å²) in [5, 5.41) is 43.8. The fraction of sp³-hybridized carbons (Fsp3) is 0.833. The van der Waals surface area contributed by atoms with Crippen molar-refractivity contribution < 1.29 is 25.2 Å². The van der Waals surface area contributed by atoms with E-state index in [1.165, 1.54) is 180 Å². The number of aliphatic hydroxyl groups is 4. The van der Waals surface area contributed by atoms with E-state index in [1.54, 1.807) is 0 Å². The smallest absolute Gasteiger partial charge is 0.249 e. The lowest BCUT2D eigenvalue weighted by Gasteiger charge is -2.27. The summed E-state index contributed by atoms with van der Waals surface area (Å²) < 4.78 is 0. The Kier molecular flexibility index (Phi) is 46.9. The van der Waals surface area contributed by atoms with E-state index in [4.69, 9.17) is 0 Å². The molecule has 0 aliphatic heterocycles. The van der Waals surface area contributed by atoms with Crippen LogP contribution in [-0.2, 0) is 4.79 Å². The summed E-state index contributed by atoms with van der Waals surface area (Å²) in [7, 11) is 0. The van der Waals surface area contributed by atoms with Gasteiger partial charge in [-0.2, -0.15) is 0 Å². The predicted molar refractivity (Wildman–Crippen MR) is 260 cm³/mol. The Hall–Kier alpha value is -1.73. The first-order chi connectivity index (χ1) is 29.5. The molecule has 0 fully saturated rings. The molecule has 4 unspecified atom stereocenters. The van der Waals surface area contributed by atoms with Gasteiger partial charge in [-0.05, 0) is 83.5 Å². The zero-order valence-corrected chi connectivity index (χ0v) is 39.7. The Bertz CT molecular complexity index is 993. The molecule has 0 aliphatic rings. The van der Waals surface area contributed by atoms with Crippen molar-refractivity contribution in [2.24, 2.45) is 0 Å². The lowest BCUT2D eigenvalue weighted by atomic mass is 10.00. The number of allylic oxidation sites excluding steroid dienone is 8. The van der Waals surface area contributed by atoms with Gasteiger partial charge in [0, 0.05) is 0 Å². The molecule has 0 rings (SSSR count). The normalized spacial score (nSPS) is 14.3. The molecule has 4 atom stereocenters. The Morgan fingerprint density at radius 2 is 0.750 bits per heavy atom. The highest BCUT2D eigenvalue weighted by atomic mass is 16.3. The quantitative estimate of drug-likeness (QED) is 0.0310. The third-order valence-corrected chi connectivity index (χ3v) is 12.0. The van der Waals surface area contributed by atoms with Crippen molar-refractivity contribution in [1.29, 1.82) is 0 Å².